The van der Waals surface area contributed by atoms with Crippen LogP contribution < -0.4 is 0 Å². The van der Waals surface area contributed by atoms with Gasteiger partial charge in [-0.25, -0.2) is 14.0 Å². The van der Waals surface area contributed by atoms with Crippen LogP contribution in [0.25, 0.3) is 44.1 Å². The van der Waals surface area contributed by atoms with Crippen molar-refractivity contribution in [3.05, 3.63) is 94.5 Å². The van der Waals surface area contributed by atoms with Crippen LogP contribution in [0, 0.1) is 34.6 Å². The molecule has 0 unspecified atom stereocenters. The van der Waals surface area contributed by atoms with Gasteiger partial charge in [0.15, 0.2) is 0 Å². The molecule has 0 fully saturated rings. The number of aryl methyl sites for hydroxylation is 9. The number of rotatable bonds is 16. The second kappa shape index (κ2) is 23.7. The first-order valence-electron chi connectivity index (χ1n) is 22.3. The summed E-state index contributed by atoms with van der Waals surface area (Å²) < 4.78 is 5.61. The summed E-state index contributed by atoms with van der Waals surface area (Å²) in [5, 5.41) is 33.3. The molecule has 0 aliphatic heterocycles. The third kappa shape index (κ3) is 15.1. The maximum absolute atomic E-state index is 10.9. The molecular formula is C49H62N12O4. The van der Waals surface area contributed by atoms with Gasteiger partial charge in [0.1, 0.15) is 50.7 Å². The lowest BCUT2D eigenvalue weighted by molar-refractivity contribution is -0.118. The van der Waals surface area contributed by atoms with Gasteiger partial charge in [-0.3, -0.25) is 0 Å². The number of hydrogen-bond acceptors (Lipinski definition) is 12. The third-order valence-corrected chi connectivity index (χ3v) is 10.6. The van der Waals surface area contributed by atoms with Crippen molar-refractivity contribution in [3.8, 4) is 0 Å². The summed E-state index contributed by atoms with van der Waals surface area (Å²) in [5.41, 5.74) is 13.8. The molecule has 0 spiro atoms. The Morgan fingerprint density at radius 2 is 0.754 bits per heavy atom. The van der Waals surface area contributed by atoms with E-state index in [-0.39, 0.29) is 23.1 Å². The summed E-state index contributed by atoms with van der Waals surface area (Å²) in [7, 11) is 0. The SMILES string of the molecule is CC(=O)CCCn1nc2ccc(C)cc2n1.CC(=O)CCCn1nnc2cc(C)c(C)cc21.CC(=O)CCCn1nnc2ccc(C)cc21.CC(=O)CCCn1nnc2ccc(C)cc21. The van der Waals surface area contributed by atoms with Crippen LogP contribution >= 0.6 is 0 Å². The van der Waals surface area contributed by atoms with Crippen molar-refractivity contribution in [3.63, 3.8) is 0 Å². The molecule has 0 aliphatic carbocycles. The lowest BCUT2D eigenvalue weighted by Gasteiger charge is -2.03. The molecule has 0 amide bonds. The highest BCUT2D eigenvalue weighted by atomic mass is 16.1. The number of fused-ring (bicyclic) bond motifs is 4. The highest BCUT2D eigenvalue weighted by Crippen LogP contribution is 2.18. The fourth-order valence-electron chi connectivity index (χ4n) is 6.94. The number of benzene rings is 4. The van der Waals surface area contributed by atoms with Crippen molar-refractivity contribution < 1.29 is 19.2 Å². The molecule has 8 aromatic rings. The summed E-state index contributed by atoms with van der Waals surface area (Å²) in [4.78, 5) is 45.1. The second-order valence-corrected chi connectivity index (χ2v) is 16.9. The summed E-state index contributed by atoms with van der Waals surface area (Å²) in [5.74, 6) is 0.884. The normalized spacial score (nSPS) is 10.9. The van der Waals surface area contributed by atoms with Crippen LogP contribution in [0.5, 0.6) is 0 Å². The van der Waals surface area contributed by atoms with E-state index in [0.717, 1.165) is 89.5 Å². The quantitative estimate of drug-likeness (QED) is 0.0898. The van der Waals surface area contributed by atoms with Crippen LogP contribution in [-0.4, -0.2) is 83.1 Å². The van der Waals surface area contributed by atoms with E-state index in [1.165, 1.54) is 27.8 Å². The monoisotopic (exact) mass is 883 g/mol. The molecule has 0 aliphatic rings. The standard InChI is InChI=1S/C13H17N3O.3C12H15N3O/c1-9-7-12-13(8-10(9)2)16(15-14-12)6-4-5-11(3)17;2*1-9-5-6-11-12(8-9)15(14-13-11)7-3-4-10(2)16;1-9-5-6-11-12(8-9)14-15(13-11)7-3-4-10(2)16/h7-8H,4-6H2,1-3H3;3*5-6,8H,3-4,7H2,1-2H3. The molecule has 0 N–H and O–H groups in total. The van der Waals surface area contributed by atoms with Crippen molar-refractivity contribution in [2.75, 3.05) is 0 Å². The van der Waals surface area contributed by atoms with E-state index in [0.29, 0.717) is 32.2 Å². The number of hydrogen-bond donors (Lipinski definition) is 0. The molecule has 0 saturated carbocycles. The number of carbonyl (C=O) groups is 4. The van der Waals surface area contributed by atoms with Gasteiger partial charge in [0.25, 0.3) is 0 Å². The maximum atomic E-state index is 10.9. The Morgan fingerprint density at radius 3 is 1.20 bits per heavy atom. The van der Waals surface area contributed by atoms with E-state index in [9.17, 15) is 19.2 Å². The predicted molar refractivity (Wildman–Crippen MR) is 253 cm³/mol. The van der Waals surface area contributed by atoms with Gasteiger partial charge in [0.05, 0.1) is 23.1 Å². The lowest BCUT2D eigenvalue weighted by atomic mass is 10.1. The van der Waals surface area contributed by atoms with Gasteiger partial charge in [0, 0.05) is 45.3 Å². The minimum absolute atomic E-state index is 0.215. The fourth-order valence-corrected chi connectivity index (χ4v) is 6.94. The topological polar surface area (TPSA) is 191 Å². The van der Waals surface area contributed by atoms with Crippen LogP contribution in [0.15, 0.2) is 66.7 Å². The van der Waals surface area contributed by atoms with Crippen LogP contribution in [0.4, 0.5) is 0 Å². The first kappa shape index (κ1) is 49.2. The van der Waals surface area contributed by atoms with Crippen molar-refractivity contribution in [1.82, 2.24) is 60.0 Å². The Hall–Kier alpha value is -6.84. The van der Waals surface area contributed by atoms with E-state index in [4.69, 9.17) is 0 Å². The van der Waals surface area contributed by atoms with Crippen molar-refractivity contribution >= 4 is 67.3 Å². The van der Waals surface area contributed by atoms with Crippen molar-refractivity contribution in [2.24, 2.45) is 0 Å². The lowest BCUT2D eigenvalue weighted by Crippen LogP contribution is -2.03. The average molecular weight is 883 g/mol. The molecule has 4 heterocycles. The zero-order valence-corrected chi connectivity index (χ0v) is 39.3. The smallest absolute Gasteiger partial charge is 0.129 e. The predicted octanol–water partition coefficient (Wildman–Crippen LogP) is 8.74. The average Bonchev–Trinajstić information content (AvgIpc) is 4.04. The Bertz CT molecular complexity index is 2780. The van der Waals surface area contributed by atoms with Crippen molar-refractivity contribution in [1.29, 1.82) is 0 Å². The number of aromatic nitrogens is 12. The number of carbonyl (C=O) groups excluding carboxylic acids is 4. The van der Waals surface area contributed by atoms with Crippen LogP contribution in [-0.2, 0) is 45.4 Å². The molecule has 16 nitrogen and oxygen atoms in total. The van der Waals surface area contributed by atoms with Crippen LogP contribution in [0.2, 0.25) is 0 Å². The van der Waals surface area contributed by atoms with Gasteiger partial charge < -0.3 is 19.2 Å². The largest absolute Gasteiger partial charge is 0.300 e. The van der Waals surface area contributed by atoms with Gasteiger partial charge in [-0.1, -0.05) is 33.8 Å². The fraction of sp³-hybridized carbons (Fsp3) is 0.429. The zero-order chi connectivity index (χ0) is 47.0. The van der Waals surface area contributed by atoms with Gasteiger partial charge in [-0.05, 0) is 164 Å². The molecule has 4 aromatic heterocycles. The Morgan fingerprint density at radius 1 is 0.400 bits per heavy atom. The highest BCUT2D eigenvalue weighted by Gasteiger charge is 2.09. The first-order chi connectivity index (χ1) is 31.1. The summed E-state index contributed by atoms with van der Waals surface area (Å²) in [6.07, 6.45) is 5.67. The summed E-state index contributed by atoms with van der Waals surface area (Å²) in [6, 6.07) is 22.3. The van der Waals surface area contributed by atoms with Crippen LogP contribution in [0.3, 0.4) is 0 Å². The molecule has 0 saturated heterocycles. The van der Waals surface area contributed by atoms with Crippen molar-refractivity contribution in [2.45, 2.75) is 140 Å². The number of ketones is 4. The van der Waals surface area contributed by atoms with Gasteiger partial charge in [-0.2, -0.15) is 15.0 Å². The van der Waals surface area contributed by atoms with E-state index < -0.39 is 0 Å². The molecule has 65 heavy (non-hydrogen) atoms. The first-order valence-corrected chi connectivity index (χ1v) is 22.3. The molecule has 0 radical (unpaired) electrons. The second-order valence-electron chi connectivity index (χ2n) is 16.9. The van der Waals surface area contributed by atoms with Crippen LogP contribution in [0.1, 0.15) is 107 Å². The highest BCUT2D eigenvalue weighted by molar-refractivity contribution is 5.79. The third-order valence-electron chi connectivity index (χ3n) is 10.6. The minimum Gasteiger partial charge on any atom is -0.300 e. The Balaban J connectivity index is 0.000000163. The Labute approximate surface area is 379 Å². The van der Waals surface area contributed by atoms with E-state index in [1.807, 2.05) is 77.3 Å². The molecule has 16 heteroatoms. The summed E-state index contributed by atoms with van der Waals surface area (Å²) in [6.45, 7) is 19.7. The van der Waals surface area contributed by atoms with E-state index in [1.54, 1.807) is 32.5 Å². The Kier molecular flexibility index (Phi) is 18.0. The molecule has 4 aromatic carbocycles. The maximum Gasteiger partial charge on any atom is 0.129 e. The molecule has 8 rings (SSSR count). The summed E-state index contributed by atoms with van der Waals surface area (Å²) >= 11 is 0. The molecule has 0 atom stereocenters. The zero-order valence-electron chi connectivity index (χ0n) is 39.3. The van der Waals surface area contributed by atoms with E-state index in [2.05, 4.69) is 79.2 Å². The van der Waals surface area contributed by atoms with Gasteiger partial charge in [0.2, 0.25) is 0 Å². The van der Waals surface area contributed by atoms with Gasteiger partial charge in [-0.15, -0.1) is 15.3 Å². The number of nitrogens with zero attached hydrogens (tertiary/aromatic N) is 12. The molecule has 342 valence electrons. The van der Waals surface area contributed by atoms with E-state index >= 15 is 0 Å². The minimum atomic E-state index is 0.215. The number of Topliss-reactive ketones (excluding diaryl/α,β-unsaturated/α-hetero) is 4. The van der Waals surface area contributed by atoms with Gasteiger partial charge >= 0.3 is 0 Å². The molecular weight excluding hydrogens is 821 g/mol. The molecule has 0 bridgehead atoms.